The highest BCUT2D eigenvalue weighted by Crippen LogP contribution is 2.29. The highest BCUT2D eigenvalue weighted by atomic mass is 35.5. The first-order valence-corrected chi connectivity index (χ1v) is 7.44. The molecule has 0 aliphatic heterocycles. The third kappa shape index (κ3) is 3.19. The predicted octanol–water partition coefficient (Wildman–Crippen LogP) is 5.54. The standard InChI is InChI=1S/C14H15Cl2NS/c1-3-10-4-5-11(18-10)8-17-14-7-12(15)9(2)6-13(14)16/h4-7,17H,3,8H2,1-2H3. The lowest BCUT2D eigenvalue weighted by molar-refractivity contribution is 1.19. The zero-order valence-corrected chi connectivity index (χ0v) is 12.7. The van der Waals surface area contributed by atoms with Crippen molar-refractivity contribution in [2.24, 2.45) is 0 Å². The van der Waals surface area contributed by atoms with Gasteiger partial charge in [-0.25, -0.2) is 0 Å². The van der Waals surface area contributed by atoms with E-state index in [1.165, 1.54) is 9.75 Å². The third-order valence-corrected chi connectivity index (χ3v) is 4.72. The molecule has 18 heavy (non-hydrogen) atoms. The van der Waals surface area contributed by atoms with Gasteiger partial charge in [0.1, 0.15) is 0 Å². The molecule has 0 fully saturated rings. The maximum atomic E-state index is 6.18. The second kappa shape index (κ2) is 5.96. The molecule has 1 N–H and O–H groups in total. The Bertz CT molecular complexity index is 549. The summed E-state index contributed by atoms with van der Waals surface area (Å²) < 4.78 is 0. The quantitative estimate of drug-likeness (QED) is 0.782. The molecule has 0 radical (unpaired) electrons. The van der Waals surface area contributed by atoms with Crippen LogP contribution in [0.4, 0.5) is 5.69 Å². The molecule has 1 heterocycles. The Morgan fingerprint density at radius 3 is 2.50 bits per heavy atom. The van der Waals surface area contributed by atoms with Gasteiger partial charge in [0.15, 0.2) is 0 Å². The first-order valence-electron chi connectivity index (χ1n) is 5.87. The minimum atomic E-state index is 0.712. The van der Waals surface area contributed by atoms with Crippen molar-refractivity contribution in [3.8, 4) is 0 Å². The second-order valence-electron chi connectivity index (χ2n) is 4.16. The van der Waals surface area contributed by atoms with Crippen LogP contribution in [-0.2, 0) is 13.0 Å². The first-order chi connectivity index (χ1) is 8.60. The molecule has 1 nitrogen and oxygen atoms in total. The summed E-state index contributed by atoms with van der Waals surface area (Å²) >= 11 is 14.1. The van der Waals surface area contributed by atoms with E-state index in [1.54, 1.807) is 0 Å². The third-order valence-electron chi connectivity index (χ3n) is 2.77. The van der Waals surface area contributed by atoms with E-state index >= 15 is 0 Å². The molecule has 0 saturated carbocycles. The fourth-order valence-electron chi connectivity index (χ4n) is 1.67. The Morgan fingerprint density at radius 2 is 1.83 bits per heavy atom. The van der Waals surface area contributed by atoms with Crippen molar-refractivity contribution in [1.82, 2.24) is 0 Å². The van der Waals surface area contributed by atoms with Crippen molar-refractivity contribution < 1.29 is 0 Å². The van der Waals surface area contributed by atoms with E-state index in [1.807, 2.05) is 30.4 Å². The normalized spacial score (nSPS) is 10.7. The predicted molar refractivity (Wildman–Crippen MR) is 82.2 cm³/mol. The van der Waals surface area contributed by atoms with Gasteiger partial charge in [0.25, 0.3) is 0 Å². The van der Waals surface area contributed by atoms with Gasteiger partial charge in [-0.2, -0.15) is 0 Å². The van der Waals surface area contributed by atoms with E-state index in [0.717, 1.165) is 29.2 Å². The molecule has 0 atom stereocenters. The molecule has 0 aliphatic rings. The van der Waals surface area contributed by atoms with Gasteiger partial charge in [0.05, 0.1) is 10.7 Å². The molecule has 0 spiro atoms. The fourth-order valence-corrected chi connectivity index (χ4v) is 3.02. The topological polar surface area (TPSA) is 12.0 Å². The number of aryl methyl sites for hydroxylation is 2. The number of rotatable bonds is 4. The molecule has 2 rings (SSSR count). The number of hydrogen-bond acceptors (Lipinski definition) is 2. The Balaban J connectivity index is 2.08. The number of hydrogen-bond donors (Lipinski definition) is 1. The number of benzene rings is 1. The number of thiophene rings is 1. The van der Waals surface area contributed by atoms with Gasteiger partial charge >= 0.3 is 0 Å². The fraction of sp³-hybridized carbons (Fsp3) is 0.286. The highest BCUT2D eigenvalue weighted by Gasteiger charge is 2.05. The molecule has 1 aromatic heterocycles. The van der Waals surface area contributed by atoms with Crippen molar-refractivity contribution in [3.63, 3.8) is 0 Å². The van der Waals surface area contributed by atoms with Gasteiger partial charge in [-0.3, -0.25) is 0 Å². The number of halogens is 2. The van der Waals surface area contributed by atoms with Crippen LogP contribution >= 0.6 is 34.5 Å². The zero-order valence-electron chi connectivity index (χ0n) is 10.4. The van der Waals surface area contributed by atoms with Gasteiger partial charge < -0.3 is 5.32 Å². The lowest BCUT2D eigenvalue weighted by Crippen LogP contribution is -1.98. The lowest BCUT2D eigenvalue weighted by atomic mass is 10.2. The van der Waals surface area contributed by atoms with Crippen LogP contribution < -0.4 is 5.32 Å². The molecule has 0 aliphatic carbocycles. The van der Waals surface area contributed by atoms with Crippen LogP contribution in [0.2, 0.25) is 10.0 Å². The van der Waals surface area contributed by atoms with Gasteiger partial charge in [-0.05, 0) is 43.2 Å². The molecule has 0 amide bonds. The van der Waals surface area contributed by atoms with E-state index in [-0.39, 0.29) is 0 Å². The van der Waals surface area contributed by atoms with Crippen LogP contribution in [0.25, 0.3) is 0 Å². The van der Waals surface area contributed by atoms with Gasteiger partial charge in [0.2, 0.25) is 0 Å². The highest BCUT2D eigenvalue weighted by molar-refractivity contribution is 7.12. The van der Waals surface area contributed by atoms with E-state index < -0.39 is 0 Å². The molecule has 96 valence electrons. The van der Waals surface area contributed by atoms with Crippen LogP contribution in [0.5, 0.6) is 0 Å². The monoisotopic (exact) mass is 299 g/mol. The van der Waals surface area contributed by atoms with E-state index in [0.29, 0.717) is 5.02 Å². The molecular weight excluding hydrogens is 285 g/mol. The summed E-state index contributed by atoms with van der Waals surface area (Å²) in [5.74, 6) is 0. The molecule has 1 aromatic carbocycles. The minimum absolute atomic E-state index is 0.712. The SMILES string of the molecule is CCc1ccc(CNc2cc(Cl)c(C)cc2Cl)s1. The summed E-state index contributed by atoms with van der Waals surface area (Å²) in [5, 5.41) is 4.78. The number of nitrogens with one attached hydrogen (secondary N) is 1. The van der Waals surface area contributed by atoms with Crippen LogP contribution in [0.3, 0.4) is 0 Å². The minimum Gasteiger partial charge on any atom is -0.379 e. The Labute approximate surface area is 122 Å². The summed E-state index contributed by atoms with van der Waals surface area (Å²) in [6, 6.07) is 8.09. The summed E-state index contributed by atoms with van der Waals surface area (Å²) in [5.41, 5.74) is 1.88. The largest absolute Gasteiger partial charge is 0.379 e. The van der Waals surface area contributed by atoms with Crippen molar-refractivity contribution in [1.29, 1.82) is 0 Å². The first kappa shape index (κ1) is 13.7. The van der Waals surface area contributed by atoms with Crippen LogP contribution in [0, 0.1) is 6.92 Å². The maximum absolute atomic E-state index is 6.18. The van der Waals surface area contributed by atoms with Crippen molar-refractivity contribution >= 4 is 40.2 Å². The van der Waals surface area contributed by atoms with E-state index in [4.69, 9.17) is 23.2 Å². The average Bonchev–Trinajstić information content (AvgIpc) is 2.80. The zero-order chi connectivity index (χ0) is 13.1. The van der Waals surface area contributed by atoms with Crippen LogP contribution in [0.15, 0.2) is 24.3 Å². The number of anilines is 1. The molecule has 4 heteroatoms. The lowest BCUT2D eigenvalue weighted by Gasteiger charge is -2.09. The molecule has 0 bridgehead atoms. The summed E-state index contributed by atoms with van der Waals surface area (Å²) in [4.78, 5) is 2.71. The second-order valence-corrected chi connectivity index (χ2v) is 6.22. The smallest absolute Gasteiger partial charge is 0.0641 e. The van der Waals surface area contributed by atoms with E-state index in [9.17, 15) is 0 Å². The van der Waals surface area contributed by atoms with Crippen LogP contribution in [0.1, 0.15) is 22.2 Å². The maximum Gasteiger partial charge on any atom is 0.0641 e. The Hall–Kier alpha value is -0.700. The average molecular weight is 300 g/mol. The van der Waals surface area contributed by atoms with Gasteiger partial charge in [-0.1, -0.05) is 30.1 Å². The summed E-state index contributed by atoms with van der Waals surface area (Å²) in [7, 11) is 0. The Morgan fingerprint density at radius 1 is 1.11 bits per heavy atom. The van der Waals surface area contributed by atoms with Crippen LogP contribution in [-0.4, -0.2) is 0 Å². The Kier molecular flexibility index (Phi) is 4.55. The van der Waals surface area contributed by atoms with Crippen molar-refractivity contribution in [3.05, 3.63) is 49.6 Å². The molecule has 0 saturated heterocycles. The molecule has 0 unspecified atom stereocenters. The van der Waals surface area contributed by atoms with Crippen molar-refractivity contribution in [2.75, 3.05) is 5.32 Å². The van der Waals surface area contributed by atoms with Gasteiger partial charge in [0, 0.05) is 21.3 Å². The van der Waals surface area contributed by atoms with E-state index in [2.05, 4.69) is 24.4 Å². The van der Waals surface area contributed by atoms with Gasteiger partial charge in [-0.15, -0.1) is 11.3 Å². The molecule has 2 aromatic rings. The summed E-state index contributed by atoms with van der Waals surface area (Å²) in [6.07, 6.45) is 1.09. The van der Waals surface area contributed by atoms with Crippen molar-refractivity contribution in [2.45, 2.75) is 26.8 Å². The summed E-state index contributed by atoms with van der Waals surface area (Å²) in [6.45, 7) is 4.90. The molecular formula is C14H15Cl2NS.